The van der Waals surface area contributed by atoms with Crippen LogP contribution in [0.5, 0.6) is 0 Å². The minimum Gasteiger partial charge on any atom is -0.382 e. The maximum Gasteiger partial charge on any atom is 0.170 e. The standard InChI is InChI=1S/C16H11ClN4O.C3H6/c17-15-10(2-3-12-11(15)5-6-19-12)9-1-4-14-20-16(18)13(8-22)21(14)7-9;1-2-3-1/h1-8,19H,18H2;1-3H2. The Balaban J connectivity index is 0.000000474. The van der Waals surface area contributed by atoms with Gasteiger partial charge in [0.1, 0.15) is 11.3 Å². The van der Waals surface area contributed by atoms with Crippen LogP contribution < -0.4 is 5.73 Å². The maximum absolute atomic E-state index is 11.2. The number of anilines is 1. The van der Waals surface area contributed by atoms with Gasteiger partial charge in [0, 0.05) is 28.9 Å². The summed E-state index contributed by atoms with van der Waals surface area (Å²) >= 11 is 6.51. The topological polar surface area (TPSA) is 76.2 Å². The fourth-order valence-corrected chi connectivity index (χ4v) is 3.01. The van der Waals surface area contributed by atoms with Gasteiger partial charge in [0.2, 0.25) is 0 Å². The van der Waals surface area contributed by atoms with E-state index in [4.69, 9.17) is 17.3 Å². The summed E-state index contributed by atoms with van der Waals surface area (Å²) in [6.07, 6.45) is 8.88. The lowest BCUT2D eigenvalue weighted by Gasteiger charge is -2.07. The van der Waals surface area contributed by atoms with E-state index in [-0.39, 0.29) is 5.82 Å². The zero-order chi connectivity index (χ0) is 17.4. The van der Waals surface area contributed by atoms with Gasteiger partial charge in [-0.05, 0) is 29.8 Å². The van der Waals surface area contributed by atoms with E-state index in [2.05, 4.69) is 9.97 Å². The molecule has 5 rings (SSSR count). The molecule has 0 unspecified atom stereocenters. The number of rotatable bonds is 2. The molecule has 0 atom stereocenters. The third-order valence-electron chi connectivity index (χ3n) is 4.13. The van der Waals surface area contributed by atoms with Gasteiger partial charge in [-0.15, -0.1) is 0 Å². The van der Waals surface area contributed by atoms with Crippen molar-refractivity contribution in [3.8, 4) is 11.1 Å². The highest BCUT2D eigenvalue weighted by atomic mass is 35.5. The maximum atomic E-state index is 11.2. The van der Waals surface area contributed by atoms with Crippen LogP contribution in [0, 0.1) is 0 Å². The van der Waals surface area contributed by atoms with Crippen LogP contribution in [-0.2, 0) is 0 Å². The number of carbonyl (C=O) groups is 1. The fraction of sp³-hybridized carbons (Fsp3) is 0.158. The van der Waals surface area contributed by atoms with Crippen molar-refractivity contribution >= 4 is 40.3 Å². The second-order valence-electron chi connectivity index (χ2n) is 6.07. The molecular formula is C19H17ClN4O. The number of hydrogen-bond donors (Lipinski definition) is 2. The predicted octanol–water partition coefficient (Wildman–Crippen LogP) is 4.70. The summed E-state index contributed by atoms with van der Waals surface area (Å²) in [5, 5.41) is 1.62. The molecule has 3 heterocycles. The summed E-state index contributed by atoms with van der Waals surface area (Å²) in [6.45, 7) is 0. The Kier molecular flexibility index (Phi) is 3.93. The van der Waals surface area contributed by atoms with Crippen molar-refractivity contribution in [2.45, 2.75) is 19.3 Å². The highest BCUT2D eigenvalue weighted by Crippen LogP contribution is 2.34. The molecule has 0 aliphatic heterocycles. The van der Waals surface area contributed by atoms with Crippen LogP contribution in [0.1, 0.15) is 29.8 Å². The number of aldehydes is 1. The zero-order valence-corrected chi connectivity index (χ0v) is 14.3. The summed E-state index contributed by atoms with van der Waals surface area (Å²) in [7, 11) is 0. The molecule has 0 bridgehead atoms. The van der Waals surface area contributed by atoms with Crippen molar-refractivity contribution in [1.82, 2.24) is 14.4 Å². The van der Waals surface area contributed by atoms with E-state index in [0.717, 1.165) is 22.0 Å². The quantitative estimate of drug-likeness (QED) is 0.513. The molecule has 3 aromatic heterocycles. The number of nitrogens with two attached hydrogens (primary N) is 1. The van der Waals surface area contributed by atoms with Crippen molar-refractivity contribution in [3.05, 3.63) is 53.4 Å². The SMILES string of the molecule is C1CC1.Nc1nc2ccc(-c3ccc4[nH]ccc4c3Cl)cn2c1C=O. The minimum atomic E-state index is 0.222. The summed E-state index contributed by atoms with van der Waals surface area (Å²) in [4.78, 5) is 18.5. The van der Waals surface area contributed by atoms with Crippen LogP contribution in [-0.4, -0.2) is 20.7 Å². The van der Waals surface area contributed by atoms with Gasteiger partial charge in [0.15, 0.2) is 12.1 Å². The van der Waals surface area contributed by atoms with Crippen molar-refractivity contribution in [2.24, 2.45) is 0 Å². The molecule has 0 amide bonds. The number of nitrogen functional groups attached to an aromatic ring is 1. The predicted molar refractivity (Wildman–Crippen MR) is 101 cm³/mol. The Morgan fingerprint density at radius 2 is 1.96 bits per heavy atom. The molecule has 3 N–H and O–H groups in total. The molecule has 0 spiro atoms. The molecule has 1 aromatic carbocycles. The van der Waals surface area contributed by atoms with Gasteiger partial charge < -0.3 is 10.7 Å². The number of imidazole rings is 1. The smallest absolute Gasteiger partial charge is 0.170 e. The molecular weight excluding hydrogens is 336 g/mol. The number of benzene rings is 1. The molecule has 25 heavy (non-hydrogen) atoms. The first-order valence-electron chi connectivity index (χ1n) is 8.18. The van der Waals surface area contributed by atoms with Crippen molar-refractivity contribution < 1.29 is 4.79 Å². The summed E-state index contributed by atoms with van der Waals surface area (Å²) in [6, 6.07) is 9.59. The van der Waals surface area contributed by atoms with E-state index in [0.29, 0.717) is 22.6 Å². The first kappa shape index (κ1) is 15.7. The van der Waals surface area contributed by atoms with Gasteiger partial charge in [-0.2, -0.15) is 0 Å². The third kappa shape index (κ3) is 2.87. The van der Waals surface area contributed by atoms with Crippen LogP contribution in [0.3, 0.4) is 0 Å². The van der Waals surface area contributed by atoms with Crippen LogP contribution in [0.2, 0.25) is 5.02 Å². The van der Waals surface area contributed by atoms with Crippen LogP contribution in [0.4, 0.5) is 5.82 Å². The summed E-state index contributed by atoms with van der Waals surface area (Å²) < 4.78 is 1.68. The second-order valence-corrected chi connectivity index (χ2v) is 6.45. The molecule has 126 valence electrons. The Morgan fingerprint density at radius 3 is 2.68 bits per heavy atom. The average Bonchev–Trinajstić information content (AvgIpc) is 3.35. The largest absolute Gasteiger partial charge is 0.382 e. The van der Waals surface area contributed by atoms with E-state index in [1.54, 1.807) is 4.40 Å². The van der Waals surface area contributed by atoms with Crippen LogP contribution >= 0.6 is 11.6 Å². The molecule has 6 heteroatoms. The lowest BCUT2D eigenvalue weighted by atomic mass is 10.1. The molecule has 1 saturated carbocycles. The van der Waals surface area contributed by atoms with E-state index in [1.807, 2.05) is 42.7 Å². The van der Waals surface area contributed by atoms with Gasteiger partial charge >= 0.3 is 0 Å². The highest BCUT2D eigenvalue weighted by Gasteiger charge is 2.12. The summed E-state index contributed by atoms with van der Waals surface area (Å²) in [5.41, 5.74) is 9.48. The fourth-order valence-electron chi connectivity index (χ4n) is 2.68. The molecule has 1 aliphatic rings. The van der Waals surface area contributed by atoms with Crippen molar-refractivity contribution in [1.29, 1.82) is 0 Å². The normalized spacial score (nSPS) is 12.8. The molecule has 5 nitrogen and oxygen atoms in total. The number of hydrogen-bond acceptors (Lipinski definition) is 3. The zero-order valence-electron chi connectivity index (χ0n) is 13.5. The highest BCUT2D eigenvalue weighted by molar-refractivity contribution is 6.38. The number of aromatic amines is 1. The van der Waals surface area contributed by atoms with Gasteiger partial charge in [0.05, 0.1) is 5.02 Å². The van der Waals surface area contributed by atoms with Gasteiger partial charge in [-0.25, -0.2) is 4.98 Å². The average molecular weight is 353 g/mol. The van der Waals surface area contributed by atoms with Crippen LogP contribution in [0.25, 0.3) is 27.7 Å². The van der Waals surface area contributed by atoms with E-state index < -0.39 is 0 Å². The Hall–Kier alpha value is -2.79. The molecule has 0 radical (unpaired) electrons. The van der Waals surface area contributed by atoms with Crippen LogP contribution in [0.15, 0.2) is 42.7 Å². The monoisotopic (exact) mass is 352 g/mol. The van der Waals surface area contributed by atoms with Crippen molar-refractivity contribution in [3.63, 3.8) is 0 Å². The molecule has 4 aromatic rings. The van der Waals surface area contributed by atoms with E-state index in [9.17, 15) is 4.79 Å². The molecule has 1 aliphatic carbocycles. The Bertz CT molecular complexity index is 1080. The number of halogens is 1. The lowest BCUT2D eigenvalue weighted by molar-refractivity contribution is 0.111. The number of fused-ring (bicyclic) bond motifs is 2. The number of nitrogens with zero attached hydrogens (tertiary/aromatic N) is 2. The minimum absolute atomic E-state index is 0.222. The Labute approximate surface area is 149 Å². The second kappa shape index (κ2) is 6.26. The Morgan fingerprint density at radius 1 is 1.16 bits per heavy atom. The first-order chi connectivity index (χ1) is 12.2. The third-order valence-corrected chi connectivity index (χ3v) is 4.54. The first-order valence-corrected chi connectivity index (χ1v) is 8.55. The number of H-pyrrole nitrogens is 1. The van der Waals surface area contributed by atoms with Crippen molar-refractivity contribution in [2.75, 3.05) is 5.73 Å². The van der Waals surface area contributed by atoms with E-state index in [1.165, 1.54) is 19.3 Å². The number of nitrogens with one attached hydrogen (secondary N) is 1. The molecule has 1 fully saturated rings. The number of carbonyl (C=O) groups excluding carboxylic acids is 1. The summed E-state index contributed by atoms with van der Waals surface area (Å²) in [5.74, 6) is 0.222. The van der Waals surface area contributed by atoms with Gasteiger partial charge in [-0.1, -0.05) is 36.9 Å². The number of pyridine rings is 1. The lowest BCUT2D eigenvalue weighted by Crippen LogP contribution is -1.95. The molecule has 0 saturated heterocycles. The number of aromatic nitrogens is 3. The van der Waals surface area contributed by atoms with E-state index >= 15 is 0 Å². The van der Waals surface area contributed by atoms with Gasteiger partial charge in [-0.3, -0.25) is 9.20 Å². The van der Waals surface area contributed by atoms with Gasteiger partial charge in [0.25, 0.3) is 0 Å².